The molecule has 5 nitrogen and oxygen atoms in total. The van der Waals surface area contributed by atoms with Crippen LogP contribution in [0, 0.1) is 5.92 Å². The molecule has 0 saturated carbocycles. The first-order valence-electron chi connectivity index (χ1n) is 10.9. The number of piperidine rings is 1. The van der Waals surface area contributed by atoms with Gasteiger partial charge in [-0.25, -0.2) is 0 Å². The first-order valence-corrected chi connectivity index (χ1v) is 10.9. The van der Waals surface area contributed by atoms with E-state index in [1.54, 1.807) is 0 Å². The van der Waals surface area contributed by atoms with Crippen LogP contribution in [0.5, 0.6) is 0 Å². The molecule has 1 unspecified atom stereocenters. The fourth-order valence-corrected chi connectivity index (χ4v) is 3.81. The minimum absolute atomic E-state index is 0.0195. The number of oxime groups is 1. The van der Waals surface area contributed by atoms with E-state index < -0.39 is 0 Å². The van der Waals surface area contributed by atoms with Gasteiger partial charge in [-0.3, -0.25) is 9.69 Å². The zero-order valence-corrected chi connectivity index (χ0v) is 17.8. The van der Waals surface area contributed by atoms with E-state index in [-0.39, 0.29) is 11.9 Å². The molecule has 0 aliphatic carbocycles. The van der Waals surface area contributed by atoms with Crippen LogP contribution in [0.2, 0.25) is 0 Å². The molecule has 160 valence electrons. The van der Waals surface area contributed by atoms with Gasteiger partial charge in [0.05, 0.1) is 18.2 Å². The van der Waals surface area contributed by atoms with Crippen molar-refractivity contribution in [1.29, 1.82) is 0 Å². The molecular weight excluding hydrogens is 376 g/mol. The smallest absolute Gasteiger partial charge is 0.310 e. The standard InChI is InChI=1S/C25H32N2O3/c1-2-29-25(28)23-14-9-15-27(20-23)16-17-30-26-24(18-21-10-5-3-6-11-21)19-22-12-7-4-8-13-22/h3-8,10-13,23H,2,9,14-20H2,1H3. The van der Waals surface area contributed by atoms with Crippen LogP contribution in [0.1, 0.15) is 30.9 Å². The average molecular weight is 409 g/mol. The van der Waals surface area contributed by atoms with Gasteiger partial charge in [-0.2, -0.15) is 0 Å². The van der Waals surface area contributed by atoms with Crippen molar-refractivity contribution in [3.05, 3.63) is 71.8 Å². The summed E-state index contributed by atoms with van der Waals surface area (Å²) in [7, 11) is 0. The molecule has 1 saturated heterocycles. The van der Waals surface area contributed by atoms with Gasteiger partial charge in [0, 0.05) is 25.9 Å². The number of hydrogen-bond acceptors (Lipinski definition) is 5. The molecule has 0 radical (unpaired) electrons. The van der Waals surface area contributed by atoms with Crippen molar-refractivity contribution in [1.82, 2.24) is 4.90 Å². The largest absolute Gasteiger partial charge is 0.466 e. The van der Waals surface area contributed by atoms with Crippen molar-refractivity contribution in [2.45, 2.75) is 32.6 Å². The molecule has 0 aromatic heterocycles. The molecule has 0 spiro atoms. The Labute approximate surface area is 179 Å². The van der Waals surface area contributed by atoms with E-state index in [0.717, 1.165) is 51.0 Å². The Bertz CT molecular complexity index is 749. The van der Waals surface area contributed by atoms with E-state index in [2.05, 4.69) is 34.3 Å². The Hall–Kier alpha value is -2.66. The van der Waals surface area contributed by atoms with Gasteiger partial charge >= 0.3 is 5.97 Å². The van der Waals surface area contributed by atoms with E-state index in [1.807, 2.05) is 43.3 Å². The lowest BCUT2D eigenvalue weighted by Gasteiger charge is -2.30. The summed E-state index contributed by atoms with van der Waals surface area (Å²) in [6, 6.07) is 20.7. The summed E-state index contributed by atoms with van der Waals surface area (Å²) in [5.41, 5.74) is 3.46. The normalized spacial score (nSPS) is 16.6. The zero-order valence-electron chi connectivity index (χ0n) is 17.8. The molecule has 1 fully saturated rings. The summed E-state index contributed by atoms with van der Waals surface area (Å²) < 4.78 is 5.18. The number of carbonyl (C=O) groups excluding carboxylic acids is 1. The number of likely N-dealkylation sites (tertiary alicyclic amines) is 1. The molecule has 0 N–H and O–H groups in total. The molecule has 0 amide bonds. The van der Waals surface area contributed by atoms with Gasteiger partial charge in [-0.1, -0.05) is 65.8 Å². The van der Waals surface area contributed by atoms with Crippen LogP contribution in [-0.2, 0) is 27.2 Å². The molecule has 2 aromatic carbocycles. The second-order valence-corrected chi connectivity index (χ2v) is 7.71. The lowest BCUT2D eigenvalue weighted by Crippen LogP contribution is -2.40. The molecule has 0 bridgehead atoms. The number of carbonyl (C=O) groups is 1. The predicted octanol–water partition coefficient (Wildman–Crippen LogP) is 4.12. The molecular formula is C25H32N2O3. The minimum atomic E-state index is -0.0749. The van der Waals surface area contributed by atoms with Crippen molar-refractivity contribution in [3.8, 4) is 0 Å². The first-order chi connectivity index (χ1) is 14.7. The summed E-state index contributed by atoms with van der Waals surface area (Å²) in [5.74, 6) is -0.0944. The molecule has 3 rings (SSSR count). The third kappa shape index (κ3) is 7.30. The van der Waals surface area contributed by atoms with Gasteiger partial charge in [-0.15, -0.1) is 0 Å². The van der Waals surface area contributed by atoms with Gasteiger partial charge in [0.2, 0.25) is 0 Å². The van der Waals surface area contributed by atoms with Gasteiger partial charge in [0.1, 0.15) is 6.61 Å². The van der Waals surface area contributed by atoms with Gasteiger partial charge < -0.3 is 9.57 Å². The quantitative estimate of drug-likeness (QED) is 0.257. The van der Waals surface area contributed by atoms with Crippen LogP contribution in [0.4, 0.5) is 0 Å². The molecule has 2 aromatic rings. The first kappa shape index (κ1) is 22.0. The highest BCUT2D eigenvalue weighted by molar-refractivity contribution is 5.88. The Morgan fingerprint density at radius 3 is 2.27 bits per heavy atom. The molecule has 1 atom stereocenters. The molecule has 1 aliphatic heterocycles. The van der Waals surface area contributed by atoms with Gasteiger partial charge in [0.25, 0.3) is 0 Å². The van der Waals surface area contributed by atoms with Crippen LogP contribution < -0.4 is 0 Å². The fourth-order valence-electron chi connectivity index (χ4n) is 3.81. The van der Waals surface area contributed by atoms with Gasteiger partial charge in [-0.05, 0) is 37.4 Å². The fraction of sp³-hybridized carbons (Fsp3) is 0.440. The average Bonchev–Trinajstić information content (AvgIpc) is 2.78. The van der Waals surface area contributed by atoms with E-state index in [4.69, 9.17) is 9.57 Å². The zero-order chi connectivity index (χ0) is 21.0. The monoisotopic (exact) mass is 408 g/mol. The molecule has 1 aliphatic rings. The van der Waals surface area contributed by atoms with Crippen LogP contribution >= 0.6 is 0 Å². The molecule has 30 heavy (non-hydrogen) atoms. The number of nitrogens with zero attached hydrogens (tertiary/aromatic N) is 2. The SMILES string of the molecule is CCOC(=O)C1CCCN(CCON=C(Cc2ccccc2)Cc2ccccc2)C1. The number of esters is 1. The maximum atomic E-state index is 12.0. The summed E-state index contributed by atoms with van der Waals surface area (Å²) in [4.78, 5) is 20.0. The second-order valence-electron chi connectivity index (χ2n) is 7.71. The molecule has 1 heterocycles. The second kappa shape index (κ2) is 12.1. The predicted molar refractivity (Wildman–Crippen MR) is 119 cm³/mol. The van der Waals surface area contributed by atoms with Crippen molar-refractivity contribution in [3.63, 3.8) is 0 Å². The Morgan fingerprint density at radius 1 is 1.03 bits per heavy atom. The van der Waals surface area contributed by atoms with Crippen LogP contribution in [0.15, 0.2) is 65.8 Å². The number of rotatable bonds is 10. The van der Waals surface area contributed by atoms with Crippen LogP contribution in [0.3, 0.4) is 0 Å². The summed E-state index contributed by atoms with van der Waals surface area (Å²) in [6.45, 7) is 5.31. The number of ether oxygens (including phenoxy) is 1. The van der Waals surface area contributed by atoms with E-state index in [1.165, 1.54) is 11.1 Å². The Kier molecular flexibility index (Phi) is 8.91. The lowest BCUT2D eigenvalue weighted by molar-refractivity contribution is -0.150. The molecule has 5 heteroatoms. The van der Waals surface area contributed by atoms with E-state index in [0.29, 0.717) is 13.2 Å². The third-order valence-electron chi connectivity index (χ3n) is 5.32. The van der Waals surface area contributed by atoms with E-state index >= 15 is 0 Å². The Morgan fingerprint density at radius 2 is 1.67 bits per heavy atom. The minimum Gasteiger partial charge on any atom is -0.466 e. The Balaban J connectivity index is 1.52. The van der Waals surface area contributed by atoms with Gasteiger partial charge in [0.15, 0.2) is 0 Å². The van der Waals surface area contributed by atoms with Crippen molar-refractivity contribution in [2.24, 2.45) is 11.1 Å². The summed E-state index contributed by atoms with van der Waals surface area (Å²) in [5, 5.41) is 4.48. The van der Waals surface area contributed by atoms with Crippen molar-refractivity contribution in [2.75, 3.05) is 32.8 Å². The number of hydrogen-bond donors (Lipinski definition) is 0. The highest BCUT2D eigenvalue weighted by atomic mass is 16.6. The number of benzene rings is 2. The van der Waals surface area contributed by atoms with E-state index in [9.17, 15) is 4.79 Å². The van der Waals surface area contributed by atoms with Crippen LogP contribution in [0.25, 0.3) is 0 Å². The summed E-state index contributed by atoms with van der Waals surface area (Å²) in [6.07, 6.45) is 3.46. The lowest BCUT2D eigenvalue weighted by atomic mass is 9.98. The maximum absolute atomic E-state index is 12.0. The highest BCUT2D eigenvalue weighted by Gasteiger charge is 2.26. The highest BCUT2D eigenvalue weighted by Crippen LogP contribution is 2.17. The van der Waals surface area contributed by atoms with Crippen molar-refractivity contribution >= 4 is 11.7 Å². The maximum Gasteiger partial charge on any atom is 0.310 e. The van der Waals surface area contributed by atoms with Crippen LogP contribution in [-0.4, -0.2) is 49.4 Å². The summed E-state index contributed by atoms with van der Waals surface area (Å²) >= 11 is 0. The topological polar surface area (TPSA) is 51.1 Å². The van der Waals surface area contributed by atoms with Crippen molar-refractivity contribution < 1.29 is 14.4 Å². The third-order valence-corrected chi connectivity index (χ3v) is 5.32.